The summed E-state index contributed by atoms with van der Waals surface area (Å²) in [5.41, 5.74) is 0. The third kappa shape index (κ3) is 3.20. The van der Waals surface area contributed by atoms with Crippen LogP contribution in [0.1, 0.15) is 24.8 Å². The first-order chi connectivity index (χ1) is 8.50. The predicted octanol–water partition coefficient (Wildman–Crippen LogP) is 1.43. The Morgan fingerprint density at radius 2 is 2.39 bits per heavy atom. The minimum Gasteiger partial charge on any atom is -0.300 e. The van der Waals surface area contributed by atoms with E-state index in [0.717, 1.165) is 17.8 Å². The first kappa shape index (κ1) is 13.3. The SMILES string of the molecule is CCCc1nnc(NC(=O)C2CC(F)(F)CN2)s1. The van der Waals surface area contributed by atoms with E-state index in [-0.39, 0.29) is 0 Å². The number of nitrogens with zero attached hydrogens (tertiary/aromatic N) is 2. The van der Waals surface area contributed by atoms with Crippen molar-refractivity contribution in [1.29, 1.82) is 0 Å². The van der Waals surface area contributed by atoms with Gasteiger partial charge < -0.3 is 0 Å². The topological polar surface area (TPSA) is 66.9 Å². The molecule has 1 fully saturated rings. The normalized spacial score (nSPS) is 22.1. The van der Waals surface area contributed by atoms with Gasteiger partial charge in [-0.05, 0) is 6.42 Å². The van der Waals surface area contributed by atoms with Crippen LogP contribution in [0.3, 0.4) is 0 Å². The van der Waals surface area contributed by atoms with E-state index in [4.69, 9.17) is 0 Å². The average Bonchev–Trinajstić information content (AvgIpc) is 2.86. The summed E-state index contributed by atoms with van der Waals surface area (Å²) in [6, 6.07) is -0.862. The van der Waals surface area contributed by atoms with Crippen molar-refractivity contribution in [3.63, 3.8) is 0 Å². The number of carbonyl (C=O) groups is 1. The first-order valence-corrected chi connectivity index (χ1v) is 6.56. The van der Waals surface area contributed by atoms with Gasteiger partial charge in [-0.25, -0.2) is 8.78 Å². The number of nitrogens with one attached hydrogen (secondary N) is 2. The van der Waals surface area contributed by atoms with Gasteiger partial charge in [0.15, 0.2) is 0 Å². The van der Waals surface area contributed by atoms with E-state index in [1.165, 1.54) is 11.3 Å². The monoisotopic (exact) mass is 276 g/mol. The highest BCUT2D eigenvalue weighted by Gasteiger charge is 2.42. The number of alkyl halides is 2. The molecule has 0 aromatic carbocycles. The lowest BCUT2D eigenvalue weighted by atomic mass is 10.2. The summed E-state index contributed by atoms with van der Waals surface area (Å²) in [6.07, 6.45) is 1.27. The van der Waals surface area contributed by atoms with E-state index in [0.29, 0.717) is 5.13 Å². The van der Waals surface area contributed by atoms with Gasteiger partial charge in [-0.1, -0.05) is 18.3 Å². The second-order valence-electron chi connectivity index (χ2n) is 4.23. The van der Waals surface area contributed by atoms with Crippen LogP contribution in [0.15, 0.2) is 0 Å². The Kier molecular flexibility index (Phi) is 3.86. The molecule has 1 aliphatic rings. The second-order valence-corrected chi connectivity index (χ2v) is 5.30. The molecule has 1 aromatic rings. The van der Waals surface area contributed by atoms with E-state index >= 15 is 0 Å². The summed E-state index contributed by atoms with van der Waals surface area (Å²) in [5, 5.41) is 13.9. The number of hydrogen-bond donors (Lipinski definition) is 2. The number of aromatic nitrogens is 2. The van der Waals surface area contributed by atoms with E-state index in [2.05, 4.69) is 20.8 Å². The fraction of sp³-hybridized carbons (Fsp3) is 0.700. The highest BCUT2D eigenvalue weighted by atomic mass is 32.1. The Bertz CT molecular complexity index is 437. The van der Waals surface area contributed by atoms with Crippen molar-refractivity contribution in [2.24, 2.45) is 0 Å². The van der Waals surface area contributed by atoms with Crippen LogP contribution in [-0.4, -0.2) is 34.6 Å². The maximum atomic E-state index is 12.9. The van der Waals surface area contributed by atoms with Crippen molar-refractivity contribution >= 4 is 22.4 Å². The Hall–Kier alpha value is -1.15. The molecule has 2 N–H and O–H groups in total. The minimum atomic E-state index is -2.81. The standard InChI is InChI=1S/C10H14F2N4OS/c1-2-3-7-15-16-9(18-7)14-8(17)6-4-10(11,12)5-13-6/h6,13H,2-5H2,1H3,(H,14,16,17). The number of anilines is 1. The van der Waals surface area contributed by atoms with Gasteiger partial charge in [0, 0.05) is 12.8 Å². The van der Waals surface area contributed by atoms with Gasteiger partial charge in [-0.3, -0.25) is 15.4 Å². The molecular weight excluding hydrogens is 262 g/mol. The van der Waals surface area contributed by atoms with Crippen LogP contribution in [0, 0.1) is 0 Å². The molecule has 1 unspecified atom stereocenters. The van der Waals surface area contributed by atoms with Gasteiger partial charge in [0.25, 0.3) is 5.92 Å². The molecule has 100 valence electrons. The lowest BCUT2D eigenvalue weighted by molar-refractivity contribution is -0.118. The van der Waals surface area contributed by atoms with Crippen molar-refractivity contribution < 1.29 is 13.6 Å². The number of hydrogen-bond acceptors (Lipinski definition) is 5. The Labute approximate surface area is 107 Å². The molecule has 0 aliphatic carbocycles. The predicted molar refractivity (Wildman–Crippen MR) is 63.9 cm³/mol. The molecule has 1 aromatic heterocycles. The molecule has 0 spiro atoms. The highest BCUT2D eigenvalue weighted by Crippen LogP contribution is 2.26. The van der Waals surface area contributed by atoms with Gasteiger partial charge >= 0.3 is 0 Å². The van der Waals surface area contributed by atoms with Crippen LogP contribution >= 0.6 is 11.3 Å². The molecule has 1 saturated heterocycles. The third-order valence-electron chi connectivity index (χ3n) is 2.59. The van der Waals surface area contributed by atoms with Gasteiger partial charge in [0.05, 0.1) is 12.6 Å². The van der Waals surface area contributed by atoms with Crippen LogP contribution in [-0.2, 0) is 11.2 Å². The molecule has 0 bridgehead atoms. The highest BCUT2D eigenvalue weighted by molar-refractivity contribution is 7.15. The molecular formula is C10H14F2N4OS. The lowest BCUT2D eigenvalue weighted by Crippen LogP contribution is -2.35. The number of halogens is 2. The van der Waals surface area contributed by atoms with Gasteiger partial charge in [0.1, 0.15) is 5.01 Å². The van der Waals surface area contributed by atoms with Crippen molar-refractivity contribution in [1.82, 2.24) is 15.5 Å². The average molecular weight is 276 g/mol. The Morgan fingerprint density at radius 1 is 1.61 bits per heavy atom. The molecule has 0 saturated carbocycles. The van der Waals surface area contributed by atoms with Crippen LogP contribution in [0.2, 0.25) is 0 Å². The maximum absolute atomic E-state index is 12.9. The summed E-state index contributed by atoms with van der Waals surface area (Å²) in [4.78, 5) is 11.7. The first-order valence-electron chi connectivity index (χ1n) is 5.74. The van der Waals surface area contributed by atoms with Gasteiger partial charge in [0.2, 0.25) is 11.0 Å². The smallest absolute Gasteiger partial charge is 0.262 e. The minimum absolute atomic E-state index is 0.362. The molecule has 1 atom stereocenters. The Balaban J connectivity index is 1.91. The van der Waals surface area contributed by atoms with E-state index in [9.17, 15) is 13.6 Å². The van der Waals surface area contributed by atoms with Crippen molar-refractivity contribution in [3.8, 4) is 0 Å². The molecule has 1 aliphatic heterocycles. The number of carbonyl (C=O) groups excluding carboxylic acids is 1. The summed E-state index contributed by atoms with van der Waals surface area (Å²) >= 11 is 1.28. The van der Waals surface area contributed by atoms with Gasteiger partial charge in [-0.2, -0.15) is 0 Å². The van der Waals surface area contributed by atoms with Crippen molar-refractivity contribution in [3.05, 3.63) is 5.01 Å². The lowest BCUT2D eigenvalue weighted by Gasteiger charge is -2.08. The van der Waals surface area contributed by atoms with Crippen LogP contribution in [0.25, 0.3) is 0 Å². The molecule has 2 rings (SSSR count). The Morgan fingerprint density at radius 3 is 3.00 bits per heavy atom. The molecule has 0 radical (unpaired) electrons. The fourth-order valence-corrected chi connectivity index (χ4v) is 2.56. The summed E-state index contributed by atoms with van der Waals surface area (Å²) in [6.45, 7) is 1.56. The molecule has 1 amide bonds. The fourth-order valence-electron chi connectivity index (χ4n) is 1.71. The molecule has 5 nitrogen and oxygen atoms in total. The van der Waals surface area contributed by atoms with E-state index in [1.54, 1.807) is 0 Å². The van der Waals surface area contributed by atoms with Gasteiger partial charge in [-0.15, -0.1) is 10.2 Å². The van der Waals surface area contributed by atoms with Crippen molar-refractivity contribution in [2.45, 2.75) is 38.2 Å². The quantitative estimate of drug-likeness (QED) is 0.873. The maximum Gasteiger partial charge on any atom is 0.262 e. The number of aryl methyl sites for hydroxylation is 1. The molecule has 18 heavy (non-hydrogen) atoms. The zero-order valence-corrected chi connectivity index (χ0v) is 10.7. The van der Waals surface area contributed by atoms with E-state index < -0.39 is 30.8 Å². The third-order valence-corrected chi connectivity index (χ3v) is 3.49. The van der Waals surface area contributed by atoms with Crippen LogP contribution in [0.5, 0.6) is 0 Å². The van der Waals surface area contributed by atoms with Crippen LogP contribution < -0.4 is 10.6 Å². The second kappa shape index (κ2) is 5.23. The van der Waals surface area contributed by atoms with E-state index in [1.807, 2.05) is 6.92 Å². The number of amides is 1. The summed E-state index contributed by atoms with van der Waals surface area (Å²) in [7, 11) is 0. The van der Waals surface area contributed by atoms with Crippen LogP contribution in [0.4, 0.5) is 13.9 Å². The largest absolute Gasteiger partial charge is 0.300 e. The van der Waals surface area contributed by atoms with Crippen molar-refractivity contribution in [2.75, 3.05) is 11.9 Å². The molecule has 2 heterocycles. The number of rotatable bonds is 4. The zero-order valence-electron chi connectivity index (χ0n) is 9.87. The zero-order chi connectivity index (χ0) is 13.2. The summed E-state index contributed by atoms with van der Waals surface area (Å²) < 4.78 is 25.9. The molecule has 8 heteroatoms. The summed E-state index contributed by atoms with van der Waals surface area (Å²) in [5.74, 6) is -3.29.